The Bertz CT molecular complexity index is 421. The zero-order valence-electron chi connectivity index (χ0n) is 8.40. The van der Waals surface area contributed by atoms with Crippen LogP contribution < -0.4 is 5.73 Å². The number of benzene rings is 1. The van der Waals surface area contributed by atoms with E-state index in [4.69, 9.17) is 16.1 Å². The monoisotopic (exact) mass is 204 g/mol. The molecule has 0 fully saturated rings. The maximum atomic E-state index is 10.6. The van der Waals surface area contributed by atoms with Crippen LogP contribution in [0.4, 0.5) is 5.69 Å². The molecule has 0 spiro atoms. The number of rotatable bonds is 3. The fourth-order valence-electron chi connectivity index (χ4n) is 1.27. The molecule has 0 amide bonds. The first-order valence-electron chi connectivity index (χ1n) is 4.56. The molecule has 1 aromatic carbocycles. The highest BCUT2D eigenvalue weighted by molar-refractivity contribution is 5.70. The Balaban J connectivity index is 2.89. The van der Waals surface area contributed by atoms with Crippen molar-refractivity contribution in [1.29, 1.82) is 5.26 Å². The van der Waals surface area contributed by atoms with Gasteiger partial charge in [0.05, 0.1) is 11.5 Å². The summed E-state index contributed by atoms with van der Waals surface area (Å²) in [6.45, 7) is 1.63. The molecule has 3 N–H and O–H groups in total. The van der Waals surface area contributed by atoms with E-state index in [0.29, 0.717) is 17.7 Å². The number of aliphatic carboxylic acids is 1. The normalized spacial score (nSPS) is 11.7. The van der Waals surface area contributed by atoms with Crippen molar-refractivity contribution in [1.82, 2.24) is 0 Å². The van der Waals surface area contributed by atoms with Crippen molar-refractivity contribution in [3.05, 3.63) is 29.3 Å². The van der Waals surface area contributed by atoms with E-state index in [2.05, 4.69) is 0 Å². The van der Waals surface area contributed by atoms with Gasteiger partial charge in [0.2, 0.25) is 0 Å². The Labute approximate surface area is 87.9 Å². The van der Waals surface area contributed by atoms with E-state index >= 15 is 0 Å². The summed E-state index contributed by atoms with van der Waals surface area (Å²) in [5, 5.41) is 17.5. The minimum Gasteiger partial charge on any atom is -0.481 e. The lowest BCUT2D eigenvalue weighted by atomic mass is 9.99. The van der Waals surface area contributed by atoms with E-state index < -0.39 is 11.9 Å². The summed E-state index contributed by atoms with van der Waals surface area (Å²) in [6, 6.07) is 6.97. The highest BCUT2D eigenvalue weighted by Crippen LogP contribution is 2.16. The summed E-state index contributed by atoms with van der Waals surface area (Å²) >= 11 is 0. The summed E-state index contributed by atoms with van der Waals surface area (Å²) in [7, 11) is 0. The van der Waals surface area contributed by atoms with Gasteiger partial charge in [-0.3, -0.25) is 4.79 Å². The minimum atomic E-state index is -0.842. The van der Waals surface area contributed by atoms with Gasteiger partial charge >= 0.3 is 5.97 Å². The van der Waals surface area contributed by atoms with Crippen molar-refractivity contribution in [3.8, 4) is 6.07 Å². The summed E-state index contributed by atoms with van der Waals surface area (Å²) < 4.78 is 0. The van der Waals surface area contributed by atoms with Crippen LogP contribution in [0.15, 0.2) is 18.2 Å². The van der Waals surface area contributed by atoms with Gasteiger partial charge in [0.25, 0.3) is 0 Å². The molecule has 0 aliphatic heterocycles. The first kappa shape index (κ1) is 11.1. The number of carbonyl (C=O) groups is 1. The topological polar surface area (TPSA) is 87.1 Å². The van der Waals surface area contributed by atoms with E-state index in [0.717, 1.165) is 5.56 Å². The van der Waals surface area contributed by atoms with Crippen molar-refractivity contribution in [2.45, 2.75) is 13.3 Å². The van der Waals surface area contributed by atoms with E-state index in [9.17, 15) is 4.79 Å². The molecule has 0 aromatic heterocycles. The van der Waals surface area contributed by atoms with Crippen LogP contribution in [0, 0.1) is 17.2 Å². The minimum absolute atomic E-state index is 0.394. The predicted octanol–water partition coefficient (Wildman–Crippen LogP) is 1.40. The van der Waals surface area contributed by atoms with Crippen molar-refractivity contribution >= 4 is 11.7 Å². The van der Waals surface area contributed by atoms with Gasteiger partial charge in [-0.25, -0.2) is 0 Å². The van der Waals surface area contributed by atoms with Crippen molar-refractivity contribution in [2.24, 2.45) is 5.92 Å². The number of nitrogens with zero attached hydrogens (tertiary/aromatic N) is 1. The van der Waals surface area contributed by atoms with Crippen molar-refractivity contribution in [2.75, 3.05) is 5.73 Å². The number of anilines is 1. The summed E-state index contributed by atoms with van der Waals surface area (Å²) in [6.07, 6.45) is 0.407. The molecular formula is C11H12N2O2. The average Bonchev–Trinajstić information content (AvgIpc) is 2.20. The van der Waals surface area contributed by atoms with E-state index in [1.165, 1.54) is 0 Å². The number of nitrogens with two attached hydrogens (primary N) is 1. The summed E-state index contributed by atoms with van der Waals surface area (Å²) in [4.78, 5) is 10.6. The van der Waals surface area contributed by atoms with Gasteiger partial charge in [-0.05, 0) is 24.1 Å². The predicted molar refractivity (Wildman–Crippen MR) is 56.1 cm³/mol. The molecule has 0 radical (unpaired) electrons. The van der Waals surface area contributed by atoms with Crippen LogP contribution in [0.3, 0.4) is 0 Å². The standard InChI is InChI=1S/C11H12N2O2/c1-7(11(14)15)4-8-2-3-10(13)9(5-8)6-12/h2-3,5,7H,4,13H2,1H3,(H,14,15). The van der Waals surface area contributed by atoms with Gasteiger partial charge in [-0.15, -0.1) is 0 Å². The third kappa shape index (κ3) is 2.71. The average molecular weight is 204 g/mol. The quantitative estimate of drug-likeness (QED) is 0.728. The van der Waals surface area contributed by atoms with Crippen LogP contribution in [-0.2, 0) is 11.2 Å². The lowest BCUT2D eigenvalue weighted by Gasteiger charge is -2.07. The molecule has 0 bridgehead atoms. The number of hydrogen-bond donors (Lipinski definition) is 2. The zero-order valence-corrected chi connectivity index (χ0v) is 8.40. The lowest BCUT2D eigenvalue weighted by molar-refractivity contribution is -0.141. The first-order chi connectivity index (χ1) is 7.04. The SMILES string of the molecule is CC(Cc1ccc(N)c(C#N)c1)C(=O)O. The molecule has 1 atom stereocenters. The molecule has 0 aliphatic carbocycles. The Morgan fingerprint density at radius 1 is 1.67 bits per heavy atom. The fourth-order valence-corrected chi connectivity index (χ4v) is 1.27. The second kappa shape index (κ2) is 4.47. The molecule has 1 rings (SSSR count). The molecule has 15 heavy (non-hydrogen) atoms. The largest absolute Gasteiger partial charge is 0.481 e. The van der Waals surface area contributed by atoms with Gasteiger partial charge in [-0.1, -0.05) is 13.0 Å². The van der Waals surface area contributed by atoms with Gasteiger partial charge in [0, 0.05) is 5.69 Å². The second-order valence-electron chi connectivity index (χ2n) is 3.48. The zero-order chi connectivity index (χ0) is 11.4. The molecular weight excluding hydrogens is 192 g/mol. The maximum absolute atomic E-state index is 10.6. The van der Waals surface area contributed by atoms with E-state index in [1.807, 2.05) is 6.07 Å². The number of carboxylic acid groups (broad SMARTS) is 1. The maximum Gasteiger partial charge on any atom is 0.306 e. The van der Waals surface area contributed by atoms with Crippen LogP contribution in [0.2, 0.25) is 0 Å². The second-order valence-corrected chi connectivity index (χ2v) is 3.48. The van der Waals surface area contributed by atoms with Crippen LogP contribution in [0.25, 0.3) is 0 Å². The number of nitriles is 1. The summed E-state index contributed by atoms with van der Waals surface area (Å²) in [5.41, 5.74) is 7.18. The van der Waals surface area contributed by atoms with Gasteiger partial charge in [0.1, 0.15) is 6.07 Å². The van der Waals surface area contributed by atoms with Gasteiger partial charge in [-0.2, -0.15) is 5.26 Å². The Hall–Kier alpha value is -2.02. The molecule has 0 heterocycles. The molecule has 0 saturated carbocycles. The number of carboxylic acids is 1. The third-order valence-corrected chi connectivity index (χ3v) is 2.20. The molecule has 4 heteroatoms. The van der Waals surface area contributed by atoms with E-state index in [1.54, 1.807) is 25.1 Å². The highest BCUT2D eigenvalue weighted by Gasteiger charge is 2.12. The smallest absolute Gasteiger partial charge is 0.306 e. The number of nitrogen functional groups attached to an aromatic ring is 1. The molecule has 0 saturated heterocycles. The molecule has 1 aromatic rings. The van der Waals surface area contributed by atoms with Crippen LogP contribution in [0.5, 0.6) is 0 Å². The van der Waals surface area contributed by atoms with Crippen LogP contribution in [0.1, 0.15) is 18.1 Å². The Morgan fingerprint density at radius 3 is 2.87 bits per heavy atom. The lowest BCUT2D eigenvalue weighted by Crippen LogP contribution is -2.12. The molecule has 1 unspecified atom stereocenters. The number of hydrogen-bond acceptors (Lipinski definition) is 3. The van der Waals surface area contributed by atoms with Gasteiger partial charge in [0.15, 0.2) is 0 Å². The molecule has 0 aliphatic rings. The van der Waals surface area contributed by atoms with Crippen LogP contribution >= 0.6 is 0 Å². The van der Waals surface area contributed by atoms with Crippen molar-refractivity contribution < 1.29 is 9.90 Å². The van der Waals surface area contributed by atoms with Crippen LogP contribution in [-0.4, -0.2) is 11.1 Å². The highest BCUT2D eigenvalue weighted by atomic mass is 16.4. The first-order valence-corrected chi connectivity index (χ1v) is 4.56. The fraction of sp³-hybridized carbons (Fsp3) is 0.273. The Kier molecular flexibility index (Phi) is 3.29. The van der Waals surface area contributed by atoms with Gasteiger partial charge < -0.3 is 10.8 Å². The Morgan fingerprint density at radius 2 is 2.33 bits per heavy atom. The van der Waals surface area contributed by atoms with E-state index in [-0.39, 0.29) is 0 Å². The van der Waals surface area contributed by atoms with Crippen molar-refractivity contribution in [3.63, 3.8) is 0 Å². The molecule has 78 valence electrons. The summed E-state index contributed by atoms with van der Waals surface area (Å²) in [5.74, 6) is -1.30. The molecule has 4 nitrogen and oxygen atoms in total. The third-order valence-electron chi connectivity index (χ3n) is 2.20.